The molecule has 0 saturated carbocycles. The zero-order chi connectivity index (χ0) is 17.6. The average molecular weight is 469 g/mol. The van der Waals surface area contributed by atoms with Gasteiger partial charge in [-0.3, -0.25) is 4.99 Å². The minimum Gasteiger partial charge on any atom is -0.497 e. The lowest BCUT2D eigenvalue weighted by Gasteiger charge is -2.27. The fourth-order valence-corrected chi connectivity index (χ4v) is 2.83. The standard InChI is InChI=1S/C19H23N3O3.HI/c1-24-14-8-6-13(7-9-14)17(23)12-21-19(20)22-16-10-11-25-18-5-3-2-4-15(16)18;/h2-9,16-17,23H,10-12H2,1H3,(H3,20,21,22);1H. The third kappa shape index (κ3) is 5.01. The molecule has 2 atom stereocenters. The summed E-state index contributed by atoms with van der Waals surface area (Å²) in [6.45, 7) is 0.826. The Bertz CT molecular complexity index is 737. The number of methoxy groups -OCH3 is 1. The van der Waals surface area contributed by atoms with Crippen LogP contribution in [0.2, 0.25) is 0 Å². The van der Waals surface area contributed by atoms with E-state index in [1.54, 1.807) is 7.11 Å². The third-order valence-corrected chi connectivity index (χ3v) is 4.22. The number of rotatable bonds is 5. The van der Waals surface area contributed by atoms with Crippen molar-refractivity contribution in [2.24, 2.45) is 10.7 Å². The van der Waals surface area contributed by atoms with E-state index in [1.165, 1.54) is 0 Å². The van der Waals surface area contributed by atoms with E-state index in [0.29, 0.717) is 12.6 Å². The predicted octanol–water partition coefficient (Wildman–Crippen LogP) is 2.77. The van der Waals surface area contributed by atoms with Crippen molar-refractivity contribution in [2.45, 2.75) is 18.6 Å². The van der Waals surface area contributed by atoms with Gasteiger partial charge >= 0.3 is 0 Å². The molecule has 0 amide bonds. The lowest BCUT2D eigenvalue weighted by atomic mass is 10.0. The van der Waals surface area contributed by atoms with Gasteiger partial charge in [0.1, 0.15) is 11.5 Å². The highest BCUT2D eigenvalue weighted by atomic mass is 127. The predicted molar refractivity (Wildman–Crippen MR) is 112 cm³/mol. The Labute approximate surface area is 170 Å². The van der Waals surface area contributed by atoms with Gasteiger partial charge < -0.3 is 25.6 Å². The molecule has 1 aliphatic heterocycles. The van der Waals surface area contributed by atoms with E-state index in [9.17, 15) is 5.11 Å². The van der Waals surface area contributed by atoms with E-state index >= 15 is 0 Å². The van der Waals surface area contributed by atoms with Gasteiger partial charge in [0, 0.05) is 12.0 Å². The van der Waals surface area contributed by atoms with Crippen molar-refractivity contribution in [1.82, 2.24) is 5.32 Å². The highest BCUT2D eigenvalue weighted by molar-refractivity contribution is 14.0. The van der Waals surface area contributed by atoms with Crippen LogP contribution in [0.3, 0.4) is 0 Å². The Morgan fingerprint density at radius 2 is 2.04 bits per heavy atom. The molecule has 6 nitrogen and oxygen atoms in total. The second-order valence-corrected chi connectivity index (χ2v) is 5.89. The fraction of sp³-hybridized carbons (Fsp3) is 0.316. The van der Waals surface area contributed by atoms with Crippen molar-refractivity contribution in [3.05, 3.63) is 59.7 Å². The molecular formula is C19H24IN3O3. The van der Waals surface area contributed by atoms with Crippen molar-refractivity contribution < 1.29 is 14.6 Å². The molecule has 1 heterocycles. The van der Waals surface area contributed by atoms with E-state index in [0.717, 1.165) is 29.0 Å². The number of aliphatic hydroxyl groups is 1. The lowest BCUT2D eigenvalue weighted by molar-refractivity contribution is 0.187. The second kappa shape index (κ2) is 9.63. The molecule has 2 aromatic rings. The molecule has 0 fully saturated rings. The van der Waals surface area contributed by atoms with Crippen LogP contribution in [0.25, 0.3) is 0 Å². The summed E-state index contributed by atoms with van der Waals surface area (Å²) < 4.78 is 10.8. The number of para-hydroxylation sites is 1. The summed E-state index contributed by atoms with van der Waals surface area (Å²) in [4.78, 5) is 4.27. The van der Waals surface area contributed by atoms with Crippen molar-refractivity contribution >= 4 is 29.9 Å². The van der Waals surface area contributed by atoms with Crippen LogP contribution in [0.1, 0.15) is 29.7 Å². The van der Waals surface area contributed by atoms with Gasteiger partial charge in [0.25, 0.3) is 0 Å². The zero-order valence-corrected chi connectivity index (χ0v) is 16.9. The number of halogens is 1. The second-order valence-electron chi connectivity index (χ2n) is 5.89. The number of ether oxygens (including phenoxy) is 2. The quantitative estimate of drug-likeness (QED) is 0.356. The number of aliphatic imine (C=N–C) groups is 1. The minimum absolute atomic E-state index is 0. The van der Waals surface area contributed by atoms with Crippen LogP contribution in [0.4, 0.5) is 0 Å². The van der Waals surface area contributed by atoms with Gasteiger partial charge in [-0.25, -0.2) is 0 Å². The number of nitrogens with zero attached hydrogens (tertiary/aromatic N) is 1. The molecule has 0 radical (unpaired) electrons. The normalized spacial score (nSPS) is 17.3. The first-order valence-corrected chi connectivity index (χ1v) is 8.27. The molecular weight excluding hydrogens is 445 g/mol. The van der Waals surface area contributed by atoms with Gasteiger partial charge in [-0.2, -0.15) is 0 Å². The molecule has 2 aromatic carbocycles. The third-order valence-electron chi connectivity index (χ3n) is 4.22. The van der Waals surface area contributed by atoms with Crippen molar-refractivity contribution in [3.8, 4) is 11.5 Å². The van der Waals surface area contributed by atoms with Crippen molar-refractivity contribution in [3.63, 3.8) is 0 Å². The van der Waals surface area contributed by atoms with Crippen LogP contribution in [-0.4, -0.2) is 31.3 Å². The first kappa shape index (κ1) is 20.3. The molecule has 1 aliphatic rings. The largest absolute Gasteiger partial charge is 0.497 e. The minimum atomic E-state index is -0.715. The maximum absolute atomic E-state index is 10.2. The highest BCUT2D eigenvalue weighted by Gasteiger charge is 2.21. The molecule has 7 heteroatoms. The van der Waals surface area contributed by atoms with E-state index in [2.05, 4.69) is 10.3 Å². The average Bonchev–Trinajstić information content (AvgIpc) is 2.66. The molecule has 0 bridgehead atoms. The maximum Gasteiger partial charge on any atom is 0.189 e. The number of fused-ring (bicyclic) bond motifs is 1. The summed E-state index contributed by atoms with van der Waals surface area (Å²) >= 11 is 0. The smallest absolute Gasteiger partial charge is 0.189 e. The molecule has 0 aromatic heterocycles. The number of guanidine groups is 1. The summed E-state index contributed by atoms with van der Waals surface area (Å²) in [6, 6.07) is 15.2. The van der Waals surface area contributed by atoms with E-state index < -0.39 is 6.10 Å². The number of aliphatic hydroxyl groups excluding tert-OH is 1. The van der Waals surface area contributed by atoms with Crippen molar-refractivity contribution in [2.75, 3.05) is 20.3 Å². The monoisotopic (exact) mass is 469 g/mol. The number of benzene rings is 2. The molecule has 0 aliphatic carbocycles. The number of hydrogen-bond acceptors (Lipinski definition) is 4. The number of nitrogens with one attached hydrogen (secondary N) is 1. The molecule has 0 saturated heterocycles. The molecule has 4 N–H and O–H groups in total. The molecule has 140 valence electrons. The summed E-state index contributed by atoms with van der Waals surface area (Å²) in [5.41, 5.74) is 7.84. The van der Waals surface area contributed by atoms with Gasteiger partial charge in [0.2, 0.25) is 0 Å². The van der Waals surface area contributed by atoms with E-state index in [-0.39, 0.29) is 36.6 Å². The van der Waals surface area contributed by atoms with Crippen molar-refractivity contribution in [1.29, 1.82) is 0 Å². The Morgan fingerprint density at radius 3 is 2.77 bits per heavy atom. The summed E-state index contributed by atoms with van der Waals surface area (Å²) in [5, 5.41) is 13.5. The maximum atomic E-state index is 10.2. The Hall–Kier alpha value is -2.00. The summed E-state index contributed by atoms with van der Waals surface area (Å²) in [5.74, 6) is 1.94. The van der Waals surface area contributed by atoms with Crippen LogP contribution in [0, 0.1) is 0 Å². The molecule has 0 spiro atoms. The SMILES string of the molecule is COc1ccc(C(O)CN=C(N)NC2CCOc3ccccc32)cc1.I. The van der Waals surface area contributed by atoms with Gasteiger partial charge in [-0.05, 0) is 23.8 Å². The van der Waals surface area contributed by atoms with Crippen LogP contribution >= 0.6 is 24.0 Å². The Kier molecular flexibility index (Phi) is 7.52. The van der Waals surface area contributed by atoms with E-state index in [1.807, 2.05) is 48.5 Å². The van der Waals surface area contributed by atoms with Gasteiger partial charge in [-0.15, -0.1) is 24.0 Å². The Morgan fingerprint density at radius 1 is 1.31 bits per heavy atom. The number of nitrogens with two attached hydrogens (primary N) is 1. The molecule has 26 heavy (non-hydrogen) atoms. The first-order valence-electron chi connectivity index (χ1n) is 8.27. The lowest BCUT2D eigenvalue weighted by Crippen LogP contribution is -2.37. The van der Waals surface area contributed by atoms with Crippen LogP contribution in [0.5, 0.6) is 11.5 Å². The highest BCUT2D eigenvalue weighted by Crippen LogP contribution is 2.31. The van der Waals surface area contributed by atoms with Crippen LogP contribution < -0.4 is 20.5 Å². The summed E-state index contributed by atoms with van der Waals surface area (Å²) in [7, 11) is 1.61. The molecule has 2 unspecified atom stereocenters. The van der Waals surface area contributed by atoms with Gasteiger partial charge in [-0.1, -0.05) is 30.3 Å². The topological polar surface area (TPSA) is 89.1 Å². The zero-order valence-electron chi connectivity index (χ0n) is 14.6. The number of hydrogen-bond donors (Lipinski definition) is 3. The summed E-state index contributed by atoms with van der Waals surface area (Å²) in [6.07, 6.45) is 0.0992. The van der Waals surface area contributed by atoms with Gasteiger partial charge in [0.05, 0.1) is 32.4 Å². The molecule has 3 rings (SSSR count). The van der Waals surface area contributed by atoms with Crippen LogP contribution in [0.15, 0.2) is 53.5 Å². The first-order chi connectivity index (χ1) is 12.2. The Balaban J connectivity index is 0.00000243. The van der Waals surface area contributed by atoms with Crippen LogP contribution in [-0.2, 0) is 0 Å². The fourth-order valence-electron chi connectivity index (χ4n) is 2.83. The van der Waals surface area contributed by atoms with Gasteiger partial charge in [0.15, 0.2) is 5.96 Å². The van der Waals surface area contributed by atoms with E-state index in [4.69, 9.17) is 15.2 Å².